The molecule has 0 unspecified atom stereocenters. The van der Waals surface area contributed by atoms with Crippen molar-refractivity contribution in [3.63, 3.8) is 0 Å². The minimum atomic E-state index is -0.515. The molecule has 0 atom stereocenters. The summed E-state index contributed by atoms with van der Waals surface area (Å²) >= 11 is 0. The van der Waals surface area contributed by atoms with E-state index in [0.717, 1.165) is 17.7 Å². The van der Waals surface area contributed by atoms with Gasteiger partial charge in [-0.2, -0.15) is 0 Å². The average Bonchev–Trinajstić information content (AvgIpc) is 3.11. The maximum absolute atomic E-state index is 13.2. The molecule has 1 N–H and O–H groups in total. The number of anilines is 1. The zero-order valence-corrected chi connectivity index (χ0v) is 15.2. The molecule has 1 aromatic heterocycles. The summed E-state index contributed by atoms with van der Waals surface area (Å²) in [7, 11) is 1.60. The van der Waals surface area contributed by atoms with Crippen LogP contribution in [0.2, 0.25) is 0 Å². The normalized spacial score (nSPS) is 13.0. The summed E-state index contributed by atoms with van der Waals surface area (Å²) in [6.45, 7) is 2.83. The average molecular weight is 364 g/mol. The summed E-state index contributed by atoms with van der Waals surface area (Å²) in [4.78, 5) is 27.6. The van der Waals surface area contributed by atoms with Crippen molar-refractivity contribution in [2.24, 2.45) is 7.05 Å². The highest BCUT2D eigenvalue weighted by Gasteiger charge is 2.30. The lowest BCUT2D eigenvalue weighted by molar-refractivity contribution is 0.0985. The summed E-state index contributed by atoms with van der Waals surface area (Å²) in [5.74, 6) is -0.213. The Labute approximate surface area is 156 Å². The molecule has 2 aromatic carbocycles. The zero-order valence-electron chi connectivity index (χ0n) is 15.2. The van der Waals surface area contributed by atoms with Gasteiger partial charge in [0.05, 0.1) is 12.1 Å². The Hall–Kier alpha value is -3.28. The number of hydrogen-bond donors (Lipinski definition) is 1. The number of carbonyl (C=O) groups is 1. The topological polar surface area (TPSA) is 71.8 Å². The van der Waals surface area contributed by atoms with Gasteiger partial charge < -0.3 is 19.3 Å². The Morgan fingerprint density at radius 3 is 2.78 bits per heavy atom. The number of carbonyl (C=O) groups excluding carboxylic acids is 1. The molecule has 0 aliphatic carbocycles. The summed E-state index contributed by atoms with van der Waals surface area (Å²) < 4.78 is 6.88. The first-order valence-electron chi connectivity index (χ1n) is 8.91. The molecule has 0 saturated carbocycles. The van der Waals surface area contributed by atoms with Gasteiger partial charge >= 0.3 is 0 Å². The number of hydrogen-bond acceptors (Lipinski definition) is 4. The number of pyridine rings is 1. The third-order valence-corrected chi connectivity index (χ3v) is 5.00. The largest absolute Gasteiger partial charge is 0.506 e. The van der Waals surface area contributed by atoms with E-state index < -0.39 is 11.5 Å². The molecule has 4 rings (SSSR count). The molecule has 2 heterocycles. The molecule has 1 aliphatic rings. The maximum Gasteiger partial charge on any atom is 0.267 e. The van der Waals surface area contributed by atoms with Crippen molar-refractivity contribution in [3.05, 3.63) is 63.9 Å². The summed E-state index contributed by atoms with van der Waals surface area (Å²) in [6.07, 6.45) is 0.727. The van der Waals surface area contributed by atoms with E-state index >= 15 is 0 Å². The van der Waals surface area contributed by atoms with E-state index in [2.05, 4.69) is 0 Å². The minimum absolute atomic E-state index is 0.213. The van der Waals surface area contributed by atoms with Gasteiger partial charge in [-0.25, -0.2) is 0 Å². The Morgan fingerprint density at radius 1 is 1.22 bits per heavy atom. The fraction of sp³-hybridized carbons (Fsp3) is 0.238. The molecule has 6 nitrogen and oxygen atoms in total. The zero-order chi connectivity index (χ0) is 19.1. The van der Waals surface area contributed by atoms with Crippen molar-refractivity contribution >= 4 is 22.5 Å². The molecule has 0 radical (unpaired) electrons. The molecule has 27 heavy (non-hydrogen) atoms. The van der Waals surface area contributed by atoms with Gasteiger partial charge in [-0.3, -0.25) is 9.59 Å². The van der Waals surface area contributed by atoms with E-state index in [1.807, 2.05) is 31.2 Å². The van der Waals surface area contributed by atoms with Crippen LogP contribution in [0.1, 0.15) is 22.8 Å². The van der Waals surface area contributed by atoms with Gasteiger partial charge in [-0.15, -0.1) is 0 Å². The first kappa shape index (κ1) is 17.1. The van der Waals surface area contributed by atoms with Crippen molar-refractivity contribution in [1.29, 1.82) is 0 Å². The Kier molecular flexibility index (Phi) is 4.11. The van der Waals surface area contributed by atoms with E-state index in [1.165, 1.54) is 4.57 Å². The highest BCUT2D eigenvalue weighted by Crippen LogP contribution is 2.33. The molecule has 1 aliphatic heterocycles. The van der Waals surface area contributed by atoms with Crippen LogP contribution in [0.4, 0.5) is 5.69 Å². The monoisotopic (exact) mass is 364 g/mol. The summed E-state index contributed by atoms with van der Waals surface area (Å²) in [5.41, 5.74) is 1.65. The van der Waals surface area contributed by atoms with Gasteiger partial charge in [0.2, 0.25) is 0 Å². The van der Waals surface area contributed by atoms with E-state index in [1.54, 1.807) is 30.1 Å². The smallest absolute Gasteiger partial charge is 0.267 e. The number of aryl methyl sites for hydroxylation is 1. The second-order valence-corrected chi connectivity index (χ2v) is 6.54. The predicted molar refractivity (Wildman–Crippen MR) is 104 cm³/mol. The highest BCUT2D eigenvalue weighted by molar-refractivity contribution is 6.11. The first-order chi connectivity index (χ1) is 13.0. The molecule has 0 spiro atoms. The molecule has 0 saturated heterocycles. The third-order valence-electron chi connectivity index (χ3n) is 5.00. The number of fused-ring (bicyclic) bond motifs is 2. The number of benzene rings is 2. The van der Waals surface area contributed by atoms with Gasteiger partial charge in [-0.05, 0) is 43.2 Å². The number of nitrogens with zero attached hydrogens (tertiary/aromatic N) is 2. The predicted octanol–water partition coefficient (Wildman–Crippen LogP) is 2.85. The van der Waals surface area contributed by atoms with Crippen molar-refractivity contribution < 1.29 is 14.6 Å². The number of amides is 1. The molecule has 1 amide bonds. The van der Waals surface area contributed by atoms with Crippen LogP contribution < -0.4 is 15.2 Å². The third kappa shape index (κ3) is 2.65. The number of aromatic hydroxyl groups is 1. The van der Waals surface area contributed by atoms with Crippen LogP contribution in [0.25, 0.3) is 10.9 Å². The van der Waals surface area contributed by atoms with Crippen molar-refractivity contribution in [1.82, 2.24) is 4.57 Å². The van der Waals surface area contributed by atoms with Crippen molar-refractivity contribution in [2.45, 2.75) is 13.3 Å². The lowest BCUT2D eigenvalue weighted by atomic mass is 10.1. The number of aromatic nitrogens is 1. The van der Waals surface area contributed by atoms with Crippen LogP contribution in [0.5, 0.6) is 11.5 Å². The molecule has 3 aromatic rings. The van der Waals surface area contributed by atoms with Crippen LogP contribution in [0.3, 0.4) is 0 Å². The second kappa shape index (κ2) is 6.46. The maximum atomic E-state index is 13.2. The van der Waals surface area contributed by atoms with Crippen LogP contribution in [-0.2, 0) is 13.5 Å². The van der Waals surface area contributed by atoms with Crippen LogP contribution >= 0.6 is 0 Å². The Balaban J connectivity index is 1.89. The highest BCUT2D eigenvalue weighted by atomic mass is 16.5. The van der Waals surface area contributed by atoms with Gasteiger partial charge in [0.1, 0.15) is 17.1 Å². The Morgan fingerprint density at radius 2 is 2.00 bits per heavy atom. The van der Waals surface area contributed by atoms with Gasteiger partial charge in [0.25, 0.3) is 11.5 Å². The lowest BCUT2D eigenvalue weighted by Gasteiger charge is -2.19. The van der Waals surface area contributed by atoms with Gasteiger partial charge in [0, 0.05) is 24.7 Å². The van der Waals surface area contributed by atoms with E-state index in [9.17, 15) is 14.7 Å². The fourth-order valence-corrected chi connectivity index (χ4v) is 3.64. The Bertz CT molecular complexity index is 1120. The fourth-order valence-electron chi connectivity index (χ4n) is 3.64. The molecular formula is C21H20N2O4. The quantitative estimate of drug-likeness (QED) is 0.776. The lowest BCUT2D eigenvalue weighted by Crippen LogP contribution is -2.35. The summed E-state index contributed by atoms with van der Waals surface area (Å²) in [6, 6.07) is 12.7. The van der Waals surface area contributed by atoms with Crippen molar-refractivity contribution in [2.75, 3.05) is 18.1 Å². The molecule has 0 fully saturated rings. The SMILES string of the molecule is CCOc1ccc2c(c1)c(O)c(C(=O)N1CCc3ccccc31)c(=O)n2C. The minimum Gasteiger partial charge on any atom is -0.506 e. The molecule has 0 bridgehead atoms. The number of para-hydroxylation sites is 1. The van der Waals surface area contributed by atoms with Gasteiger partial charge in [-0.1, -0.05) is 18.2 Å². The van der Waals surface area contributed by atoms with Crippen LogP contribution in [-0.4, -0.2) is 28.7 Å². The number of rotatable bonds is 3. The standard InChI is InChI=1S/C21H20N2O4/c1-3-27-14-8-9-17-15(12-14)19(24)18(20(25)22(17)2)21(26)23-11-10-13-6-4-5-7-16(13)23/h4-9,12,24H,3,10-11H2,1-2H3. The van der Waals surface area contributed by atoms with Gasteiger partial charge in [0.15, 0.2) is 0 Å². The molecular weight excluding hydrogens is 344 g/mol. The van der Waals surface area contributed by atoms with Crippen LogP contribution in [0, 0.1) is 0 Å². The second-order valence-electron chi connectivity index (χ2n) is 6.54. The van der Waals surface area contributed by atoms with Crippen molar-refractivity contribution in [3.8, 4) is 11.5 Å². The molecule has 6 heteroatoms. The summed E-state index contributed by atoms with van der Waals surface area (Å²) in [5, 5.41) is 11.2. The van der Waals surface area contributed by atoms with Crippen LogP contribution in [0.15, 0.2) is 47.3 Å². The van der Waals surface area contributed by atoms with E-state index in [0.29, 0.717) is 29.8 Å². The number of ether oxygens (including phenoxy) is 1. The molecule has 138 valence electrons. The van der Waals surface area contributed by atoms with E-state index in [4.69, 9.17) is 4.74 Å². The van der Waals surface area contributed by atoms with E-state index in [-0.39, 0.29) is 11.3 Å². The first-order valence-corrected chi connectivity index (χ1v) is 8.91.